The van der Waals surface area contributed by atoms with Crippen molar-refractivity contribution in [2.75, 3.05) is 13.7 Å². The molecule has 1 aliphatic heterocycles. The number of hydrogen-bond donors (Lipinski definition) is 1. The molecule has 0 radical (unpaired) electrons. The normalized spacial score (nSPS) is 17.2. The number of amides is 3. The molecule has 0 bridgehead atoms. The van der Waals surface area contributed by atoms with Crippen LogP contribution < -0.4 is 5.32 Å². The maximum absolute atomic E-state index is 11.9. The molecule has 3 amide bonds. The maximum Gasteiger partial charge on any atom is 0.329 e. The monoisotopic (exact) mass is 266 g/mol. The number of methoxy groups -OCH3 is 1. The van der Waals surface area contributed by atoms with Gasteiger partial charge in [-0.1, -0.05) is 0 Å². The van der Waals surface area contributed by atoms with E-state index in [1.807, 2.05) is 16.8 Å². The number of carbonyl (C=O) groups excluding carboxylic acids is 3. The summed E-state index contributed by atoms with van der Waals surface area (Å²) in [6.45, 7) is -0.387. The van der Waals surface area contributed by atoms with Gasteiger partial charge in [0.05, 0.1) is 7.11 Å². The zero-order valence-corrected chi connectivity index (χ0v) is 10.3. The van der Waals surface area contributed by atoms with Crippen LogP contribution in [0.2, 0.25) is 0 Å². The van der Waals surface area contributed by atoms with E-state index in [0.717, 1.165) is 10.5 Å². The van der Waals surface area contributed by atoms with Gasteiger partial charge in [-0.25, -0.2) is 9.69 Å². The fourth-order valence-electron chi connectivity index (χ4n) is 1.43. The van der Waals surface area contributed by atoms with Gasteiger partial charge in [-0.15, -0.1) is 0 Å². The quantitative estimate of drug-likeness (QED) is 0.499. The largest absolute Gasteiger partial charge is 0.468 e. The van der Waals surface area contributed by atoms with E-state index in [1.165, 1.54) is 18.4 Å². The van der Waals surface area contributed by atoms with Crippen LogP contribution >= 0.6 is 11.3 Å². The van der Waals surface area contributed by atoms with Crippen LogP contribution in [0.3, 0.4) is 0 Å². The highest BCUT2D eigenvalue weighted by Gasteiger charge is 2.35. The second-order valence-electron chi connectivity index (χ2n) is 3.51. The fourth-order valence-corrected chi connectivity index (χ4v) is 2.05. The van der Waals surface area contributed by atoms with Gasteiger partial charge >= 0.3 is 12.0 Å². The van der Waals surface area contributed by atoms with Crippen LogP contribution in [0, 0.1) is 0 Å². The zero-order chi connectivity index (χ0) is 13.1. The summed E-state index contributed by atoms with van der Waals surface area (Å²) in [5.74, 6) is -1.17. The number of thiophene rings is 1. The molecule has 2 rings (SSSR count). The van der Waals surface area contributed by atoms with Gasteiger partial charge in [-0.05, 0) is 28.5 Å². The molecule has 0 atom stereocenters. The van der Waals surface area contributed by atoms with Crippen molar-refractivity contribution in [1.82, 2.24) is 10.2 Å². The average molecular weight is 266 g/mol. The van der Waals surface area contributed by atoms with Crippen LogP contribution in [-0.4, -0.2) is 36.5 Å². The van der Waals surface area contributed by atoms with E-state index in [-0.39, 0.29) is 12.2 Å². The Balaban J connectivity index is 2.16. The number of nitrogens with one attached hydrogen (secondary N) is 1. The highest BCUT2D eigenvalue weighted by Crippen LogP contribution is 2.15. The molecule has 18 heavy (non-hydrogen) atoms. The Labute approximate surface area is 107 Å². The number of urea groups is 1. The summed E-state index contributed by atoms with van der Waals surface area (Å²) >= 11 is 1.48. The number of carbonyl (C=O) groups is 3. The standard InChI is InChI=1S/C11H10N2O4S/c1-17-9(14)5-13-10(15)8(12-11(13)16)4-7-2-3-18-6-7/h2-4,6H,5H2,1H3,(H,12,16)/b8-4+. The summed E-state index contributed by atoms with van der Waals surface area (Å²) in [5.41, 5.74) is 0.978. The third-order valence-corrected chi connectivity index (χ3v) is 3.03. The van der Waals surface area contributed by atoms with Crippen molar-refractivity contribution < 1.29 is 19.1 Å². The smallest absolute Gasteiger partial charge is 0.329 e. The first kappa shape index (κ1) is 12.3. The molecule has 1 saturated heterocycles. The Morgan fingerprint density at radius 2 is 2.33 bits per heavy atom. The minimum atomic E-state index is -0.643. The van der Waals surface area contributed by atoms with Crippen LogP contribution in [0.4, 0.5) is 4.79 Å². The molecule has 94 valence electrons. The van der Waals surface area contributed by atoms with Gasteiger partial charge in [-0.2, -0.15) is 11.3 Å². The second-order valence-corrected chi connectivity index (χ2v) is 4.29. The van der Waals surface area contributed by atoms with Crippen molar-refractivity contribution >= 4 is 35.3 Å². The Morgan fingerprint density at radius 3 is 2.94 bits per heavy atom. The molecule has 0 unspecified atom stereocenters. The summed E-state index contributed by atoms with van der Waals surface area (Å²) in [6, 6.07) is 1.20. The molecule has 0 aliphatic carbocycles. The lowest BCUT2D eigenvalue weighted by Crippen LogP contribution is -2.36. The van der Waals surface area contributed by atoms with Gasteiger partial charge < -0.3 is 10.1 Å². The third kappa shape index (κ3) is 2.40. The summed E-state index contributed by atoms with van der Waals surface area (Å²) in [7, 11) is 1.20. The first-order valence-corrected chi connectivity index (χ1v) is 5.99. The fraction of sp³-hybridized carbons (Fsp3) is 0.182. The number of nitrogens with zero attached hydrogens (tertiary/aromatic N) is 1. The van der Waals surface area contributed by atoms with E-state index < -0.39 is 17.9 Å². The molecule has 0 saturated carbocycles. The van der Waals surface area contributed by atoms with Gasteiger partial charge in [0.15, 0.2) is 0 Å². The summed E-state index contributed by atoms with van der Waals surface area (Å²) in [6.07, 6.45) is 1.56. The van der Waals surface area contributed by atoms with E-state index in [9.17, 15) is 14.4 Å². The van der Waals surface area contributed by atoms with Crippen LogP contribution in [0.1, 0.15) is 5.56 Å². The minimum Gasteiger partial charge on any atom is -0.468 e. The molecular formula is C11H10N2O4S. The number of imide groups is 1. The van der Waals surface area contributed by atoms with Crippen molar-refractivity contribution in [3.05, 3.63) is 28.1 Å². The number of hydrogen-bond acceptors (Lipinski definition) is 5. The van der Waals surface area contributed by atoms with Gasteiger partial charge in [0.2, 0.25) is 0 Å². The first-order valence-electron chi connectivity index (χ1n) is 5.05. The van der Waals surface area contributed by atoms with Crippen molar-refractivity contribution in [1.29, 1.82) is 0 Å². The predicted molar refractivity (Wildman–Crippen MR) is 64.6 cm³/mol. The Hall–Kier alpha value is -2.15. The lowest BCUT2D eigenvalue weighted by Gasteiger charge is -2.08. The molecule has 0 aromatic carbocycles. The average Bonchev–Trinajstić information content (AvgIpc) is 2.94. The van der Waals surface area contributed by atoms with Crippen molar-refractivity contribution in [3.8, 4) is 0 Å². The number of esters is 1. The molecule has 7 heteroatoms. The van der Waals surface area contributed by atoms with Crippen LogP contribution in [0.5, 0.6) is 0 Å². The second kappa shape index (κ2) is 5.01. The van der Waals surface area contributed by atoms with Crippen LogP contribution in [0.25, 0.3) is 6.08 Å². The van der Waals surface area contributed by atoms with Gasteiger partial charge in [0, 0.05) is 0 Å². The van der Waals surface area contributed by atoms with Crippen LogP contribution in [0.15, 0.2) is 22.5 Å². The zero-order valence-electron chi connectivity index (χ0n) is 9.50. The summed E-state index contributed by atoms with van der Waals surface area (Å²) in [5, 5.41) is 6.12. The highest BCUT2D eigenvalue weighted by molar-refractivity contribution is 7.08. The first-order chi connectivity index (χ1) is 8.61. The van der Waals surface area contributed by atoms with Gasteiger partial charge in [0.25, 0.3) is 5.91 Å². The number of rotatable bonds is 3. The minimum absolute atomic E-state index is 0.155. The predicted octanol–water partition coefficient (Wildman–Crippen LogP) is 0.814. The lowest BCUT2D eigenvalue weighted by molar-refractivity contribution is -0.143. The van der Waals surface area contributed by atoms with E-state index in [2.05, 4.69) is 10.1 Å². The SMILES string of the molecule is COC(=O)CN1C(=O)N/C(=C/c2ccsc2)C1=O. The Kier molecular flexibility index (Phi) is 3.42. The maximum atomic E-state index is 11.9. The molecule has 1 aromatic heterocycles. The van der Waals surface area contributed by atoms with E-state index >= 15 is 0 Å². The molecule has 1 fully saturated rings. The Morgan fingerprint density at radius 1 is 1.56 bits per heavy atom. The van der Waals surface area contributed by atoms with Gasteiger partial charge in [0.1, 0.15) is 12.2 Å². The summed E-state index contributed by atoms with van der Waals surface area (Å²) in [4.78, 5) is 35.3. The summed E-state index contributed by atoms with van der Waals surface area (Å²) < 4.78 is 4.42. The third-order valence-electron chi connectivity index (χ3n) is 2.33. The molecule has 1 N–H and O–H groups in total. The van der Waals surface area contributed by atoms with Crippen molar-refractivity contribution in [3.63, 3.8) is 0 Å². The van der Waals surface area contributed by atoms with Gasteiger partial charge in [-0.3, -0.25) is 9.59 Å². The van der Waals surface area contributed by atoms with E-state index in [1.54, 1.807) is 6.08 Å². The Bertz CT molecular complexity index is 521. The molecule has 6 nitrogen and oxygen atoms in total. The molecule has 0 spiro atoms. The van der Waals surface area contributed by atoms with E-state index in [0.29, 0.717) is 0 Å². The lowest BCUT2D eigenvalue weighted by atomic mass is 10.2. The molecule has 1 aliphatic rings. The van der Waals surface area contributed by atoms with Crippen LogP contribution in [-0.2, 0) is 14.3 Å². The number of ether oxygens (including phenoxy) is 1. The van der Waals surface area contributed by atoms with Crippen molar-refractivity contribution in [2.45, 2.75) is 0 Å². The van der Waals surface area contributed by atoms with E-state index in [4.69, 9.17) is 0 Å². The van der Waals surface area contributed by atoms with Crippen molar-refractivity contribution in [2.24, 2.45) is 0 Å². The highest BCUT2D eigenvalue weighted by atomic mass is 32.1. The molecule has 1 aromatic rings. The molecule has 2 heterocycles. The molecular weight excluding hydrogens is 256 g/mol. The topological polar surface area (TPSA) is 75.7 Å².